The summed E-state index contributed by atoms with van der Waals surface area (Å²) in [6.07, 6.45) is 1.66. The number of hydrogen-bond donors (Lipinski definition) is 1. The Balaban J connectivity index is 1.80. The van der Waals surface area contributed by atoms with Crippen molar-refractivity contribution in [1.29, 1.82) is 0 Å². The summed E-state index contributed by atoms with van der Waals surface area (Å²) in [6.45, 7) is 5.65. The Morgan fingerprint density at radius 2 is 2.00 bits per heavy atom. The van der Waals surface area contributed by atoms with Gasteiger partial charge in [-0.2, -0.15) is 0 Å². The number of amides is 1. The molecule has 3 rings (SSSR count). The summed E-state index contributed by atoms with van der Waals surface area (Å²) in [6, 6.07) is 7.65. The van der Waals surface area contributed by atoms with Crippen molar-refractivity contribution in [2.75, 3.05) is 11.9 Å². The summed E-state index contributed by atoms with van der Waals surface area (Å²) in [5.74, 6) is -0.320. The van der Waals surface area contributed by atoms with Crippen LogP contribution in [0.25, 0.3) is 0 Å². The van der Waals surface area contributed by atoms with Crippen LogP contribution in [0.3, 0.4) is 0 Å². The van der Waals surface area contributed by atoms with Crippen molar-refractivity contribution in [1.82, 2.24) is 4.98 Å². The van der Waals surface area contributed by atoms with Gasteiger partial charge in [0.25, 0.3) is 5.91 Å². The van der Waals surface area contributed by atoms with Crippen LogP contribution in [0.5, 0.6) is 5.75 Å². The van der Waals surface area contributed by atoms with Gasteiger partial charge in [0, 0.05) is 11.8 Å². The van der Waals surface area contributed by atoms with Crippen LogP contribution in [0.15, 0.2) is 36.5 Å². The van der Waals surface area contributed by atoms with E-state index in [0.717, 1.165) is 0 Å². The first-order chi connectivity index (χ1) is 12.8. The third-order valence-corrected chi connectivity index (χ3v) is 4.03. The van der Waals surface area contributed by atoms with Gasteiger partial charge in [0.15, 0.2) is 5.78 Å². The van der Waals surface area contributed by atoms with Crippen LogP contribution in [0, 0.1) is 0 Å². The number of benzene rings is 1. The quantitative estimate of drug-likeness (QED) is 0.833. The summed E-state index contributed by atoms with van der Waals surface area (Å²) >= 11 is 0. The minimum absolute atomic E-state index is 0.0710. The second-order valence-electron chi connectivity index (χ2n) is 6.78. The van der Waals surface area contributed by atoms with Gasteiger partial charge in [-0.05, 0) is 51.1 Å². The Morgan fingerprint density at radius 3 is 2.74 bits per heavy atom. The van der Waals surface area contributed by atoms with Gasteiger partial charge >= 0.3 is 5.97 Å². The molecule has 1 aromatic heterocycles. The van der Waals surface area contributed by atoms with E-state index in [-0.39, 0.29) is 24.6 Å². The largest absolute Gasteiger partial charge is 0.487 e. The zero-order chi connectivity index (χ0) is 19.6. The van der Waals surface area contributed by atoms with Gasteiger partial charge < -0.3 is 14.8 Å². The Labute approximate surface area is 156 Å². The lowest BCUT2D eigenvalue weighted by Crippen LogP contribution is -2.36. The number of carbonyl (C=O) groups is 3. The summed E-state index contributed by atoms with van der Waals surface area (Å²) in [5.41, 5.74) is 0.410. The van der Waals surface area contributed by atoms with Crippen LogP contribution in [0.2, 0.25) is 0 Å². The standard InChI is InChI=1S/C20H20N2O5/c1-4-26-19(25)13-7-8-21-17(10-13)22-18(24)12-5-6-16-14(9-12)15(23)11-20(2,3)27-16/h5-10H,4,11H2,1-3H3,(H,21,22,24). The maximum Gasteiger partial charge on any atom is 0.338 e. The fraction of sp³-hybridized carbons (Fsp3) is 0.300. The third-order valence-electron chi connectivity index (χ3n) is 4.03. The molecule has 7 nitrogen and oxygen atoms in total. The molecular formula is C20H20N2O5. The van der Waals surface area contributed by atoms with Crippen molar-refractivity contribution in [3.05, 3.63) is 53.2 Å². The Hall–Kier alpha value is -3.22. The van der Waals surface area contributed by atoms with E-state index in [1.165, 1.54) is 24.4 Å². The molecule has 0 radical (unpaired) electrons. The molecule has 0 unspecified atom stereocenters. The number of aromatic nitrogens is 1. The SMILES string of the molecule is CCOC(=O)c1ccnc(NC(=O)c2ccc3c(c2)C(=O)CC(C)(C)O3)c1. The maximum absolute atomic E-state index is 12.5. The van der Waals surface area contributed by atoms with E-state index >= 15 is 0 Å². The van der Waals surface area contributed by atoms with Gasteiger partial charge in [0.1, 0.15) is 17.2 Å². The normalized spacial score (nSPS) is 14.7. The zero-order valence-corrected chi connectivity index (χ0v) is 15.4. The molecule has 140 valence electrons. The molecule has 0 bridgehead atoms. The first-order valence-electron chi connectivity index (χ1n) is 8.60. The highest BCUT2D eigenvalue weighted by Crippen LogP contribution is 2.33. The molecule has 1 amide bonds. The topological polar surface area (TPSA) is 94.6 Å². The van der Waals surface area contributed by atoms with Gasteiger partial charge in [-0.15, -0.1) is 0 Å². The first-order valence-corrected chi connectivity index (χ1v) is 8.60. The lowest BCUT2D eigenvalue weighted by atomic mass is 9.92. The Morgan fingerprint density at radius 1 is 1.22 bits per heavy atom. The van der Waals surface area contributed by atoms with Crippen molar-refractivity contribution in [2.24, 2.45) is 0 Å². The molecule has 0 fully saturated rings. The highest BCUT2D eigenvalue weighted by atomic mass is 16.5. The Bertz CT molecular complexity index is 920. The van der Waals surface area contributed by atoms with E-state index in [9.17, 15) is 14.4 Å². The van der Waals surface area contributed by atoms with Crippen LogP contribution in [-0.2, 0) is 4.74 Å². The van der Waals surface area contributed by atoms with Crippen LogP contribution < -0.4 is 10.1 Å². The molecule has 0 saturated carbocycles. The number of nitrogens with one attached hydrogen (secondary N) is 1. The first kappa shape index (κ1) is 18.6. The predicted molar refractivity (Wildman–Crippen MR) is 98.2 cm³/mol. The predicted octanol–water partition coefficient (Wildman–Crippen LogP) is 3.25. The van der Waals surface area contributed by atoms with Crippen LogP contribution in [-0.4, -0.2) is 34.9 Å². The molecule has 1 aliphatic heterocycles. The van der Waals surface area contributed by atoms with Crippen molar-refractivity contribution >= 4 is 23.5 Å². The number of rotatable bonds is 4. The highest BCUT2D eigenvalue weighted by Gasteiger charge is 2.32. The lowest BCUT2D eigenvalue weighted by Gasteiger charge is -2.31. The number of anilines is 1. The van der Waals surface area contributed by atoms with Gasteiger partial charge in [-0.1, -0.05) is 0 Å². The number of Topliss-reactive ketones (excluding diaryl/α,β-unsaturated/α-hetero) is 1. The summed E-state index contributed by atoms with van der Waals surface area (Å²) in [4.78, 5) is 40.7. The van der Waals surface area contributed by atoms with Gasteiger partial charge in [-0.3, -0.25) is 9.59 Å². The van der Waals surface area contributed by atoms with Crippen molar-refractivity contribution in [3.63, 3.8) is 0 Å². The van der Waals surface area contributed by atoms with E-state index < -0.39 is 17.5 Å². The molecule has 0 spiro atoms. The van der Waals surface area contributed by atoms with Crippen molar-refractivity contribution in [3.8, 4) is 5.75 Å². The number of pyridine rings is 1. The van der Waals surface area contributed by atoms with Crippen molar-refractivity contribution < 1.29 is 23.9 Å². The number of esters is 1. The van der Waals surface area contributed by atoms with Gasteiger partial charge in [-0.25, -0.2) is 9.78 Å². The average molecular weight is 368 g/mol. The molecule has 2 aromatic rings. The molecule has 27 heavy (non-hydrogen) atoms. The monoisotopic (exact) mass is 368 g/mol. The van der Waals surface area contributed by atoms with E-state index in [2.05, 4.69) is 10.3 Å². The Kier molecular flexibility index (Phi) is 4.94. The summed E-state index contributed by atoms with van der Waals surface area (Å²) < 4.78 is 10.7. The maximum atomic E-state index is 12.5. The zero-order valence-electron chi connectivity index (χ0n) is 15.4. The van der Waals surface area contributed by atoms with Crippen molar-refractivity contribution in [2.45, 2.75) is 32.8 Å². The van der Waals surface area contributed by atoms with Gasteiger partial charge in [0.2, 0.25) is 0 Å². The molecule has 0 saturated heterocycles. The second-order valence-corrected chi connectivity index (χ2v) is 6.78. The number of ether oxygens (including phenoxy) is 2. The molecule has 7 heteroatoms. The van der Waals surface area contributed by atoms with E-state index in [0.29, 0.717) is 22.4 Å². The summed E-state index contributed by atoms with van der Waals surface area (Å²) in [7, 11) is 0. The van der Waals surface area contributed by atoms with E-state index in [1.807, 2.05) is 13.8 Å². The number of carbonyl (C=O) groups excluding carboxylic acids is 3. The average Bonchev–Trinajstić information content (AvgIpc) is 2.61. The number of fused-ring (bicyclic) bond motifs is 1. The molecule has 0 aliphatic carbocycles. The fourth-order valence-corrected chi connectivity index (χ4v) is 2.82. The number of ketones is 1. The molecule has 1 N–H and O–H groups in total. The second kappa shape index (κ2) is 7.19. The molecule has 1 aliphatic rings. The fourth-order valence-electron chi connectivity index (χ4n) is 2.82. The molecule has 2 heterocycles. The van der Waals surface area contributed by atoms with Crippen LogP contribution in [0.1, 0.15) is 58.3 Å². The molecule has 0 atom stereocenters. The summed E-state index contributed by atoms with van der Waals surface area (Å²) in [5, 5.41) is 2.62. The molecule has 1 aromatic carbocycles. The van der Waals surface area contributed by atoms with Crippen LogP contribution >= 0.6 is 0 Å². The minimum atomic E-state index is -0.564. The van der Waals surface area contributed by atoms with E-state index in [4.69, 9.17) is 9.47 Å². The third kappa shape index (κ3) is 4.13. The van der Waals surface area contributed by atoms with Crippen LogP contribution in [0.4, 0.5) is 5.82 Å². The van der Waals surface area contributed by atoms with Gasteiger partial charge in [0.05, 0.1) is 24.2 Å². The minimum Gasteiger partial charge on any atom is -0.487 e. The number of nitrogens with zero attached hydrogens (tertiary/aromatic N) is 1. The lowest BCUT2D eigenvalue weighted by molar-refractivity contribution is 0.0525. The molecular weight excluding hydrogens is 348 g/mol. The van der Waals surface area contributed by atoms with E-state index in [1.54, 1.807) is 19.1 Å². The highest BCUT2D eigenvalue weighted by molar-refractivity contribution is 6.07. The smallest absolute Gasteiger partial charge is 0.338 e. The number of hydrogen-bond acceptors (Lipinski definition) is 6.